The fourth-order valence-electron chi connectivity index (χ4n) is 3.06. The van der Waals surface area contributed by atoms with Crippen LogP contribution in [0.15, 0.2) is 12.1 Å². The lowest BCUT2D eigenvalue weighted by atomic mass is 10.1. The zero-order chi connectivity index (χ0) is 19.0. The van der Waals surface area contributed by atoms with Crippen LogP contribution >= 0.6 is 0 Å². The van der Waals surface area contributed by atoms with Crippen LogP contribution in [0.2, 0.25) is 0 Å². The van der Waals surface area contributed by atoms with Gasteiger partial charge in [-0.1, -0.05) is 6.92 Å². The molecule has 25 heavy (non-hydrogen) atoms. The Labute approximate surface area is 151 Å². The van der Waals surface area contributed by atoms with Crippen molar-refractivity contribution in [2.45, 2.75) is 54.4 Å². The van der Waals surface area contributed by atoms with Crippen LogP contribution in [0.1, 0.15) is 51.7 Å². The molecule has 1 aromatic rings. The van der Waals surface area contributed by atoms with Crippen LogP contribution in [0.4, 0.5) is 5.69 Å². The Morgan fingerprint density at radius 2 is 1.52 bits per heavy atom. The van der Waals surface area contributed by atoms with Crippen LogP contribution in [-0.2, 0) is 9.59 Å². The largest absolute Gasteiger partial charge is 0.427 e. The molecule has 0 atom stereocenters. The number of carbonyl (C=O) groups is 2. The molecular weight excluding hydrogens is 316 g/mol. The summed E-state index contributed by atoms with van der Waals surface area (Å²) in [6, 6.07) is 3.61. The maximum atomic E-state index is 12.5. The van der Waals surface area contributed by atoms with E-state index < -0.39 is 0 Å². The van der Waals surface area contributed by atoms with Crippen molar-refractivity contribution in [3.05, 3.63) is 23.3 Å². The van der Waals surface area contributed by atoms with Gasteiger partial charge in [-0.3, -0.25) is 9.59 Å². The SMILES string of the molecule is CCCC(=O)Oc1cc(C)c(NC(=O)C[N+](CC)(CC)CC)c(C)c1. The zero-order valence-corrected chi connectivity index (χ0v) is 16.6. The lowest BCUT2D eigenvalue weighted by Gasteiger charge is -2.35. The first-order valence-corrected chi connectivity index (χ1v) is 9.27. The third-order valence-electron chi connectivity index (χ3n) is 4.95. The summed E-state index contributed by atoms with van der Waals surface area (Å²) in [4.78, 5) is 24.2. The first-order valence-electron chi connectivity index (χ1n) is 9.27. The highest BCUT2D eigenvalue weighted by molar-refractivity contribution is 5.93. The Balaban J connectivity index is 2.89. The van der Waals surface area contributed by atoms with E-state index in [-0.39, 0.29) is 11.9 Å². The lowest BCUT2D eigenvalue weighted by molar-refractivity contribution is -0.915. The molecule has 0 saturated carbocycles. The summed E-state index contributed by atoms with van der Waals surface area (Å²) < 4.78 is 6.13. The molecule has 0 radical (unpaired) electrons. The van der Waals surface area contributed by atoms with Crippen molar-refractivity contribution in [1.82, 2.24) is 0 Å². The number of esters is 1. The number of likely N-dealkylation sites (N-methyl/N-ethyl adjacent to an activating group) is 1. The second-order valence-corrected chi connectivity index (χ2v) is 6.65. The van der Waals surface area contributed by atoms with Crippen LogP contribution in [-0.4, -0.2) is 42.5 Å². The van der Waals surface area contributed by atoms with Gasteiger partial charge in [-0.15, -0.1) is 0 Å². The summed E-state index contributed by atoms with van der Waals surface area (Å²) in [5, 5.41) is 3.05. The molecular formula is C20H33N2O3+. The molecule has 5 heteroatoms. The van der Waals surface area contributed by atoms with Crippen molar-refractivity contribution in [3.63, 3.8) is 0 Å². The Bertz CT molecular complexity index is 576. The van der Waals surface area contributed by atoms with Gasteiger partial charge in [0.05, 0.1) is 19.6 Å². The van der Waals surface area contributed by atoms with E-state index in [0.29, 0.717) is 18.7 Å². The van der Waals surface area contributed by atoms with Gasteiger partial charge in [0.2, 0.25) is 0 Å². The number of carbonyl (C=O) groups excluding carboxylic acids is 2. The summed E-state index contributed by atoms with van der Waals surface area (Å²) in [5.74, 6) is 0.328. The van der Waals surface area contributed by atoms with Gasteiger partial charge in [0.25, 0.3) is 5.91 Å². The predicted molar refractivity (Wildman–Crippen MR) is 102 cm³/mol. The number of nitrogens with one attached hydrogen (secondary N) is 1. The molecule has 0 aliphatic carbocycles. The molecule has 0 fully saturated rings. The van der Waals surface area contributed by atoms with E-state index in [1.807, 2.05) is 20.8 Å². The molecule has 0 bridgehead atoms. The zero-order valence-electron chi connectivity index (χ0n) is 16.6. The third kappa shape index (κ3) is 5.85. The Morgan fingerprint density at radius 1 is 1.00 bits per heavy atom. The highest BCUT2D eigenvalue weighted by Crippen LogP contribution is 2.27. The summed E-state index contributed by atoms with van der Waals surface area (Å²) in [5.41, 5.74) is 2.60. The maximum absolute atomic E-state index is 12.5. The molecule has 1 amide bonds. The molecule has 0 aliphatic heterocycles. The molecule has 0 heterocycles. The molecule has 140 valence electrons. The van der Waals surface area contributed by atoms with E-state index in [1.54, 1.807) is 12.1 Å². The molecule has 5 nitrogen and oxygen atoms in total. The average molecular weight is 349 g/mol. The van der Waals surface area contributed by atoms with Gasteiger partial charge in [0.1, 0.15) is 5.75 Å². The molecule has 0 unspecified atom stereocenters. The number of hydrogen-bond acceptors (Lipinski definition) is 3. The summed E-state index contributed by atoms with van der Waals surface area (Å²) in [7, 11) is 0. The van der Waals surface area contributed by atoms with Gasteiger partial charge in [-0.25, -0.2) is 0 Å². The van der Waals surface area contributed by atoms with E-state index in [0.717, 1.165) is 47.4 Å². The first kappa shape index (κ1) is 21.2. The Hall–Kier alpha value is -1.88. The molecule has 0 aromatic heterocycles. The van der Waals surface area contributed by atoms with Crippen LogP contribution in [0.5, 0.6) is 5.75 Å². The monoisotopic (exact) mass is 349 g/mol. The van der Waals surface area contributed by atoms with Gasteiger partial charge in [-0.2, -0.15) is 0 Å². The summed E-state index contributed by atoms with van der Waals surface area (Å²) in [6.45, 7) is 15.4. The third-order valence-corrected chi connectivity index (χ3v) is 4.95. The van der Waals surface area contributed by atoms with Gasteiger partial charge >= 0.3 is 5.97 Å². The van der Waals surface area contributed by atoms with E-state index >= 15 is 0 Å². The van der Waals surface area contributed by atoms with Crippen molar-refractivity contribution in [1.29, 1.82) is 0 Å². The van der Waals surface area contributed by atoms with Gasteiger partial charge in [-0.05, 0) is 64.3 Å². The van der Waals surface area contributed by atoms with E-state index in [9.17, 15) is 9.59 Å². The first-order chi connectivity index (χ1) is 11.8. The maximum Gasteiger partial charge on any atom is 0.311 e. The summed E-state index contributed by atoms with van der Waals surface area (Å²) >= 11 is 0. The average Bonchev–Trinajstić information content (AvgIpc) is 2.56. The number of ether oxygens (including phenoxy) is 1. The number of quaternary nitrogens is 1. The highest BCUT2D eigenvalue weighted by Gasteiger charge is 2.25. The number of amides is 1. The molecule has 0 aliphatic rings. The highest BCUT2D eigenvalue weighted by atomic mass is 16.5. The van der Waals surface area contributed by atoms with Crippen LogP contribution < -0.4 is 10.1 Å². The fourth-order valence-corrected chi connectivity index (χ4v) is 3.06. The van der Waals surface area contributed by atoms with Crippen LogP contribution in [0, 0.1) is 13.8 Å². The van der Waals surface area contributed by atoms with Gasteiger partial charge < -0.3 is 14.5 Å². The normalized spacial score (nSPS) is 11.3. The summed E-state index contributed by atoms with van der Waals surface area (Å²) in [6.07, 6.45) is 1.17. The molecule has 0 saturated heterocycles. The lowest BCUT2D eigenvalue weighted by Crippen LogP contribution is -2.52. The minimum absolute atomic E-state index is 0.0208. The van der Waals surface area contributed by atoms with Crippen molar-refractivity contribution in [2.24, 2.45) is 0 Å². The van der Waals surface area contributed by atoms with E-state index in [2.05, 4.69) is 26.1 Å². The Morgan fingerprint density at radius 3 is 1.96 bits per heavy atom. The number of benzene rings is 1. The predicted octanol–water partition coefficient (Wildman–Crippen LogP) is 3.82. The number of aryl methyl sites for hydroxylation is 2. The minimum atomic E-state index is -0.228. The quantitative estimate of drug-likeness (QED) is 0.419. The minimum Gasteiger partial charge on any atom is -0.427 e. The number of anilines is 1. The van der Waals surface area contributed by atoms with Crippen molar-refractivity contribution < 1.29 is 18.8 Å². The molecule has 0 spiro atoms. The topological polar surface area (TPSA) is 55.4 Å². The standard InChI is InChI=1S/C20H32N2O3/c1-7-11-19(24)25-17-12-15(5)20(16(6)13-17)21-18(23)14-22(8-2,9-3)10-4/h12-13H,7-11,14H2,1-6H3/p+1. The number of nitrogens with zero attached hydrogens (tertiary/aromatic N) is 1. The van der Waals surface area contributed by atoms with Crippen molar-refractivity contribution in [2.75, 3.05) is 31.5 Å². The van der Waals surface area contributed by atoms with Crippen LogP contribution in [0.25, 0.3) is 0 Å². The fraction of sp³-hybridized carbons (Fsp3) is 0.600. The number of hydrogen-bond donors (Lipinski definition) is 1. The number of rotatable bonds is 9. The van der Waals surface area contributed by atoms with Gasteiger partial charge in [0.15, 0.2) is 6.54 Å². The van der Waals surface area contributed by atoms with Crippen LogP contribution in [0.3, 0.4) is 0 Å². The van der Waals surface area contributed by atoms with E-state index in [4.69, 9.17) is 4.74 Å². The van der Waals surface area contributed by atoms with Crippen molar-refractivity contribution in [3.8, 4) is 5.75 Å². The molecule has 1 rings (SSSR count). The molecule has 1 N–H and O–H groups in total. The smallest absolute Gasteiger partial charge is 0.311 e. The Kier molecular flexibility index (Phi) is 8.10. The molecule has 1 aromatic carbocycles. The second kappa shape index (κ2) is 9.56. The van der Waals surface area contributed by atoms with Gasteiger partial charge in [0, 0.05) is 12.1 Å². The van der Waals surface area contributed by atoms with E-state index in [1.165, 1.54) is 0 Å². The second-order valence-electron chi connectivity index (χ2n) is 6.65. The van der Waals surface area contributed by atoms with Crippen molar-refractivity contribution >= 4 is 17.6 Å².